The highest BCUT2D eigenvalue weighted by molar-refractivity contribution is 9.10. The molecule has 8 heteroatoms. The lowest BCUT2D eigenvalue weighted by atomic mass is 10.1. The fraction of sp³-hybridized carbons (Fsp3) is 0.273. The maximum Gasteiger partial charge on any atom is 0.305 e. The molecule has 1 amide bonds. The van der Waals surface area contributed by atoms with Crippen LogP contribution in [0.3, 0.4) is 0 Å². The first-order valence-electron chi connectivity index (χ1n) is 5.24. The number of carboxylic acids is 1. The van der Waals surface area contributed by atoms with Crippen LogP contribution in [0.5, 0.6) is 0 Å². The fourth-order valence-electron chi connectivity index (χ4n) is 1.36. The normalized spacial score (nSPS) is 10.0. The summed E-state index contributed by atoms with van der Waals surface area (Å²) >= 11 is 3.14. The number of nitro groups is 1. The summed E-state index contributed by atoms with van der Waals surface area (Å²) in [6.45, 7) is 0.0311. The zero-order valence-corrected chi connectivity index (χ0v) is 11.6. The van der Waals surface area contributed by atoms with Gasteiger partial charge >= 0.3 is 5.97 Å². The molecule has 1 aromatic rings. The van der Waals surface area contributed by atoms with Crippen LogP contribution in [0.1, 0.15) is 16.8 Å². The Hall–Kier alpha value is -1.96. The van der Waals surface area contributed by atoms with Gasteiger partial charge in [-0.1, -0.05) is 0 Å². The van der Waals surface area contributed by atoms with Crippen LogP contribution in [0.4, 0.5) is 5.69 Å². The van der Waals surface area contributed by atoms with Gasteiger partial charge in [-0.15, -0.1) is 0 Å². The van der Waals surface area contributed by atoms with Crippen molar-refractivity contribution in [3.8, 4) is 0 Å². The van der Waals surface area contributed by atoms with Crippen LogP contribution in [-0.4, -0.2) is 40.4 Å². The molecular formula is C11H11BrN2O5. The van der Waals surface area contributed by atoms with E-state index >= 15 is 0 Å². The van der Waals surface area contributed by atoms with E-state index in [4.69, 9.17) is 5.11 Å². The smallest absolute Gasteiger partial charge is 0.305 e. The Morgan fingerprint density at radius 3 is 2.63 bits per heavy atom. The minimum Gasteiger partial charge on any atom is -0.481 e. The van der Waals surface area contributed by atoms with E-state index in [1.54, 1.807) is 0 Å². The number of carboxylic acid groups (broad SMARTS) is 1. The summed E-state index contributed by atoms with van der Waals surface area (Å²) < 4.78 is 0.422. The number of nitro benzene ring substituents is 1. The Morgan fingerprint density at radius 2 is 2.11 bits per heavy atom. The van der Waals surface area contributed by atoms with E-state index in [0.717, 1.165) is 6.07 Å². The van der Waals surface area contributed by atoms with Crippen molar-refractivity contribution < 1.29 is 19.6 Å². The molecule has 0 saturated carbocycles. The van der Waals surface area contributed by atoms with Gasteiger partial charge in [0.1, 0.15) is 0 Å². The molecule has 0 bridgehead atoms. The molecule has 0 heterocycles. The first-order valence-corrected chi connectivity index (χ1v) is 6.03. The molecule has 0 spiro atoms. The number of hydrogen-bond donors (Lipinski definition) is 1. The second kappa shape index (κ2) is 6.28. The number of hydrogen-bond acceptors (Lipinski definition) is 4. The van der Waals surface area contributed by atoms with Crippen LogP contribution >= 0.6 is 15.9 Å². The van der Waals surface area contributed by atoms with Gasteiger partial charge in [-0.05, 0) is 22.0 Å². The van der Waals surface area contributed by atoms with Crippen LogP contribution in [0.25, 0.3) is 0 Å². The van der Waals surface area contributed by atoms with E-state index in [2.05, 4.69) is 15.9 Å². The van der Waals surface area contributed by atoms with Crippen LogP contribution in [0.15, 0.2) is 22.7 Å². The maximum atomic E-state index is 12.0. The molecule has 19 heavy (non-hydrogen) atoms. The topological polar surface area (TPSA) is 101 Å². The van der Waals surface area contributed by atoms with Crippen LogP contribution in [0.2, 0.25) is 0 Å². The molecule has 0 aromatic heterocycles. The third-order valence-electron chi connectivity index (χ3n) is 2.40. The van der Waals surface area contributed by atoms with Crippen molar-refractivity contribution in [2.45, 2.75) is 6.42 Å². The van der Waals surface area contributed by atoms with Crippen molar-refractivity contribution in [1.82, 2.24) is 4.90 Å². The van der Waals surface area contributed by atoms with Crippen molar-refractivity contribution in [1.29, 1.82) is 0 Å². The molecule has 0 aliphatic heterocycles. The first-order chi connectivity index (χ1) is 8.82. The molecule has 1 N–H and O–H groups in total. The van der Waals surface area contributed by atoms with Gasteiger partial charge in [-0.2, -0.15) is 0 Å². The fourth-order valence-corrected chi connectivity index (χ4v) is 1.78. The highest BCUT2D eigenvalue weighted by atomic mass is 79.9. The number of benzene rings is 1. The molecule has 0 fully saturated rings. The van der Waals surface area contributed by atoms with Crippen molar-refractivity contribution >= 4 is 33.5 Å². The minimum absolute atomic E-state index is 0.0311. The number of amides is 1. The summed E-state index contributed by atoms with van der Waals surface area (Å²) in [7, 11) is 1.44. The lowest BCUT2D eigenvalue weighted by molar-refractivity contribution is -0.384. The highest BCUT2D eigenvalue weighted by Gasteiger charge is 2.19. The number of non-ortho nitro benzene ring substituents is 1. The summed E-state index contributed by atoms with van der Waals surface area (Å²) in [4.78, 5) is 33.7. The van der Waals surface area contributed by atoms with Crippen LogP contribution in [0, 0.1) is 10.1 Å². The molecule has 1 rings (SSSR count). The van der Waals surface area contributed by atoms with Crippen molar-refractivity contribution in [3.63, 3.8) is 0 Å². The summed E-state index contributed by atoms with van der Waals surface area (Å²) in [5, 5.41) is 19.2. The molecule has 0 aliphatic carbocycles. The van der Waals surface area contributed by atoms with Gasteiger partial charge in [-0.25, -0.2) is 0 Å². The van der Waals surface area contributed by atoms with Crippen LogP contribution < -0.4 is 0 Å². The Kier molecular flexibility index (Phi) is 4.99. The molecule has 102 valence electrons. The van der Waals surface area contributed by atoms with E-state index < -0.39 is 16.8 Å². The second-order valence-corrected chi connectivity index (χ2v) is 4.65. The van der Waals surface area contributed by atoms with Crippen molar-refractivity contribution in [2.24, 2.45) is 0 Å². The standard InChI is InChI=1S/C11H11BrN2O5/c1-13(5-4-10(15)16)11(17)8-6-7(14(18)19)2-3-9(8)12/h2-3,6H,4-5H2,1H3,(H,15,16). The number of carbonyl (C=O) groups is 2. The largest absolute Gasteiger partial charge is 0.481 e. The van der Waals surface area contributed by atoms with Gasteiger partial charge in [0.25, 0.3) is 11.6 Å². The minimum atomic E-state index is -1.02. The second-order valence-electron chi connectivity index (χ2n) is 3.79. The Morgan fingerprint density at radius 1 is 1.47 bits per heavy atom. The SMILES string of the molecule is CN(CCC(=O)O)C(=O)c1cc([N+](=O)[O-])ccc1Br. The average molecular weight is 331 g/mol. The van der Waals surface area contributed by atoms with E-state index in [-0.39, 0.29) is 24.2 Å². The van der Waals surface area contributed by atoms with Gasteiger partial charge in [-0.3, -0.25) is 19.7 Å². The molecule has 1 aromatic carbocycles. The van der Waals surface area contributed by atoms with Gasteiger partial charge < -0.3 is 10.0 Å². The third-order valence-corrected chi connectivity index (χ3v) is 3.09. The number of carbonyl (C=O) groups excluding carboxylic acids is 1. The maximum absolute atomic E-state index is 12.0. The van der Waals surface area contributed by atoms with E-state index in [1.165, 1.54) is 24.1 Å². The molecule has 0 atom stereocenters. The third kappa shape index (κ3) is 4.02. The predicted molar refractivity (Wildman–Crippen MR) is 70.0 cm³/mol. The summed E-state index contributed by atoms with van der Waals surface area (Å²) in [6, 6.07) is 3.85. The zero-order chi connectivity index (χ0) is 14.6. The summed E-state index contributed by atoms with van der Waals surface area (Å²) in [5.74, 6) is -1.49. The quantitative estimate of drug-likeness (QED) is 0.656. The van der Waals surface area contributed by atoms with Gasteiger partial charge in [0.2, 0.25) is 0 Å². The average Bonchev–Trinajstić information content (AvgIpc) is 2.35. The van der Waals surface area contributed by atoms with E-state index in [0.29, 0.717) is 4.47 Å². The van der Waals surface area contributed by atoms with E-state index in [9.17, 15) is 19.7 Å². The van der Waals surface area contributed by atoms with Gasteiger partial charge in [0.05, 0.1) is 16.9 Å². The molecule has 7 nitrogen and oxygen atoms in total. The molecule has 0 saturated heterocycles. The van der Waals surface area contributed by atoms with Crippen LogP contribution in [-0.2, 0) is 4.79 Å². The van der Waals surface area contributed by atoms with Gasteiger partial charge in [0, 0.05) is 30.2 Å². The number of halogens is 1. The first kappa shape index (κ1) is 15.1. The Bertz CT molecular complexity index is 532. The lowest BCUT2D eigenvalue weighted by Crippen LogP contribution is -2.29. The lowest BCUT2D eigenvalue weighted by Gasteiger charge is -2.16. The zero-order valence-electron chi connectivity index (χ0n) is 10.00. The highest BCUT2D eigenvalue weighted by Crippen LogP contribution is 2.23. The Labute approximate surface area is 117 Å². The summed E-state index contributed by atoms with van der Waals surface area (Å²) in [6.07, 6.45) is -0.186. The molecular weight excluding hydrogens is 320 g/mol. The summed E-state index contributed by atoms with van der Waals surface area (Å²) in [5.41, 5.74) is -0.0692. The van der Waals surface area contributed by atoms with Crippen molar-refractivity contribution in [3.05, 3.63) is 38.3 Å². The van der Waals surface area contributed by atoms with Gasteiger partial charge in [0.15, 0.2) is 0 Å². The number of aliphatic carboxylic acids is 1. The number of rotatable bonds is 5. The van der Waals surface area contributed by atoms with E-state index in [1.807, 2.05) is 0 Å². The molecule has 0 unspecified atom stereocenters. The molecule has 0 radical (unpaired) electrons. The monoisotopic (exact) mass is 330 g/mol. The predicted octanol–water partition coefficient (Wildman–Crippen LogP) is 1.90. The molecule has 0 aliphatic rings. The number of nitrogens with zero attached hydrogens (tertiary/aromatic N) is 2. The van der Waals surface area contributed by atoms with Crippen molar-refractivity contribution in [2.75, 3.05) is 13.6 Å². The Balaban J connectivity index is 2.95.